The minimum Gasteiger partial charge on any atom is -0.493 e. The summed E-state index contributed by atoms with van der Waals surface area (Å²) < 4.78 is 10.4. The van der Waals surface area contributed by atoms with Gasteiger partial charge < -0.3 is 14.8 Å². The average molecular weight is 233 g/mol. The quantitative estimate of drug-likeness (QED) is 0.848. The number of nitrogens with one attached hydrogen (secondary N) is 1. The van der Waals surface area contributed by atoms with Gasteiger partial charge in [-0.3, -0.25) is 4.79 Å². The van der Waals surface area contributed by atoms with Gasteiger partial charge in [0.1, 0.15) is 0 Å². The van der Waals surface area contributed by atoms with Gasteiger partial charge in [0.25, 0.3) is 5.91 Å². The van der Waals surface area contributed by atoms with Crippen LogP contribution < -0.4 is 14.8 Å². The van der Waals surface area contributed by atoms with Crippen LogP contribution in [0.5, 0.6) is 11.5 Å². The Morgan fingerprint density at radius 3 is 2.29 bits per heavy atom. The maximum atomic E-state index is 11.8. The van der Waals surface area contributed by atoms with Crippen molar-refractivity contribution in [3.05, 3.63) is 29.3 Å². The van der Waals surface area contributed by atoms with Crippen LogP contribution in [0.4, 0.5) is 0 Å². The van der Waals surface area contributed by atoms with E-state index in [0.29, 0.717) is 23.6 Å². The molecule has 2 rings (SSSR count). The van der Waals surface area contributed by atoms with E-state index in [1.807, 2.05) is 19.1 Å². The first kappa shape index (κ1) is 11.5. The highest BCUT2D eigenvalue weighted by Crippen LogP contribution is 2.34. The fourth-order valence-electron chi connectivity index (χ4n) is 1.96. The van der Waals surface area contributed by atoms with Crippen LogP contribution in [0.2, 0.25) is 0 Å². The molecule has 1 aromatic rings. The van der Waals surface area contributed by atoms with Crippen LogP contribution in [0.3, 0.4) is 0 Å². The minimum atomic E-state index is -0.0773. The molecule has 0 bridgehead atoms. The van der Waals surface area contributed by atoms with E-state index in [-0.39, 0.29) is 5.91 Å². The number of benzene rings is 1. The number of fused-ring (bicyclic) bond motifs is 1. The smallest absolute Gasteiger partial charge is 0.252 e. The Labute approximate surface area is 100 Å². The van der Waals surface area contributed by atoms with Crippen LogP contribution in [-0.2, 0) is 0 Å². The van der Waals surface area contributed by atoms with Crippen molar-refractivity contribution >= 4 is 11.5 Å². The highest BCUT2D eigenvalue weighted by molar-refractivity contribution is 6.03. The van der Waals surface area contributed by atoms with Gasteiger partial charge in [-0.2, -0.15) is 0 Å². The number of hydrogen-bond acceptors (Lipinski definition) is 3. The molecule has 0 saturated carbocycles. The number of ether oxygens (including phenoxy) is 2. The van der Waals surface area contributed by atoms with E-state index in [1.54, 1.807) is 20.3 Å². The summed E-state index contributed by atoms with van der Waals surface area (Å²) in [6.07, 6.45) is 1.99. The lowest BCUT2D eigenvalue weighted by Gasteiger charge is -2.21. The monoisotopic (exact) mass is 233 g/mol. The zero-order chi connectivity index (χ0) is 12.4. The fourth-order valence-corrected chi connectivity index (χ4v) is 1.96. The molecule has 4 heteroatoms. The Balaban J connectivity index is 2.64. The van der Waals surface area contributed by atoms with Crippen molar-refractivity contribution in [2.75, 3.05) is 20.8 Å². The number of rotatable bonds is 2. The van der Waals surface area contributed by atoms with Crippen molar-refractivity contribution < 1.29 is 14.3 Å². The normalized spacial score (nSPS) is 16.4. The molecule has 0 aliphatic carbocycles. The summed E-state index contributed by atoms with van der Waals surface area (Å²) in [5.74, 6) is 1.13. The summed E-state index contributed by atoms with van der Waals surface area (Å²) in [5.41, 5.74) is 2.62. The van der Waals surface area contributed by atoms with Gasteiger partial charge in [-0.1, -0.05) is 6.08 Å². The maximum absolute atomic E-state index is 11.8. The highest BCUT2D eigenvalue weighted by Gasteiger charge is 2.22. The minimum absolute atomic E-state index is 0.0773. The van der Waals surface area contributed by atoms with E-state index in [9.17, 15) is 4.79 Å². The van der Waals surface area contributed by atoms with Crippen molar-refractivity contribution in [3.8, 4) is 11.5 Å². The Kier molecular flexibility index (Phi) is 3.04. The summed E-state index contributed by atoms with van der Waals surface area (Å²) in [6.45, 7) is 2.51. The molecule has 1 aliphatic heterocycles. The van der Waals surface area contributed by atoms with Gasteiger partial charge in [0.2, 0.25) is 0 Å². The highest BCUT2D eigenvalue weighted by atomic mass is 16.5. The third-order valence-corrected chi connectivity index (χ3v) is 2.90. The van der Waals surface area contributed by atoms with Gasteiger partial charge in [-0.15, -0.1) is 0 Å². The van der Waals surface area contributed by atoms with Crippen molar-refractivity contribution in [1.82, 2.24) is 5.32 Å². The van der Waals surface area contributed by atoms with E-state index in [4.69, 9.17) is 9.47 Å². The first-order valence-electron chi connectivity index (χ1n) is 5.41. The summed E-state index contributed by atoms with van der Waals surface area (Å²) in [6, 6.07) is 3.56. The van der Waals surface area contributed by atoms with E-state index in [0.717, 1.165) is 11.1 Å². The van der Waals surface area contributed by atoms with Crippen molar-refractivity contribution in [2.24, 2.45) is 0 Å². The molecular formula is C13H15NO3. The van der Waals surface area contributed by atoms with E-state index in [1.165, 1.54) is 0 Å². The van der Waals surface area contributed by atoms with Crippen LogP contribution in [0.1, 0.15) is 22.8 Å². The van der Waals surface area contributed by atoms with E-state index in [2.05, 4.69) is 5.32 Å². The third-order valence-electron chi connectivity index (χ3n) is 2.90. The first-order chi connectivity index (χ1) is 8.21. The molecule has 0 radical (unpaired) electrons. The lowest BCUT2D eigenvalue weighted by molar-refractivity contribution is 0.0954. The zero-order valence-electron chi connectivity index (χ0n) is 10.2. The predicted molar refractivity (Wildman–Crippen MR) is 65.5 cm³/mol. The summed E-state index contributed by atoms with van der Waals surface area (Å²) in [4.78, 5) is 11.8. The van der Waals surface area contributed by atoms with Crippen LogP contribution in [0.15, 0.2) is 18.2 Å². The van der Waals surface area contributed by atoms with Gasteiger partial charge >= 0.3 is 0 Å². The molecule has 0 aromatic heterocycles. The molecule has 4 nitrogen and oxygen atoms in total. The second-order valence-corrected chi connectivity index (χ2v) is 3.75. The SMILES string of the molecule is C/C=C1\CNC(=O)c2cc(OC)c(OC)cc21. The molecule has 0 saturated heterocycles. The first-order valence-corrected chi connectivity index (χ1v) is 5.41. The summed E-state index contributed by atoms with van der Waals surface area (Å²) in [5, 5.41) is 2.82. The Morgan fingerprint density at radius 2 is 1.76 bits per heavy atom. The van der Waals surface area contributed by atoms with Gasteiger partial charge in [0, 0.05) is 6.54 Å². The third kappa shape index (κ3) is 1.86. The number of methoxy groups -OCH3 is 2. The van der Waals surface area contributed by atoms with Crippen molar-refractivity contribution in [1.29, 1.82) is 0 Å². The molecular weight excluding hydrogens is 218 g/mol. The van der Waals surface area contributed by atoms with Gasteiger partial charge in [-0.25, -0.2) is 0 Å². The summed E-state index contributed by atoms with van der Waals surface area (Å²) >= 11 is 0. The van der Waals surface area contributed by atoms with Crippen LogP contribution in [0, 0.1) is 0 Å². The summed E-state index contributed by atoms with van der Waals surface area (Å²) in [7, 11) is 3.14. The molecule has 0 atom stereocenters. The molecule has 90 valence electrons. The van der Waals surface area contributed by atoms with Gasteiger partial charge in [0.15, 0.2) is 11.5 Å². The van der Waals surface area contributed by atoms with Crippen molar-refractivity contribution in [3.63, 3.8) is 0 Å². The molecule has 1 heterocycles. The molecule has 1 aliphatic rings. The number of amides is 1. The lowest BCUT2D eigenvalue weighted by Crippen LogP contribution is -2.31. The number of hydrogen-bond donors (Lipinski definition) is 1. The molecule has 1 amide bonds. The van der Waals surface area contributed by atoms with E-state index >= 15 is 0 Å². The van der Waals surface area contributed by atoms with Crippen LogP contribution in [-0.4, -0.2) is 26.7 Å². The number of carbonyl (C=O) groups excluding carboxylic acids is 1. The molecule has 0 spiro atoms. The standard InChI is InChI=1S/C13H15NO3/c1-4-8-7-14-13(15)10-6-12(17-3)11(16-2)5-9(8)10/h4-6H,7H2,1-3H3,(H,14,15)/b8-4+. The fraction of sp³-hybridized carbons (Fsp3) is 0.308. The van der Waals surface area contributed by atoms with Gasteiger partial charge in [-0.05, 0) is 30.2 Å². The largest absolute Gasteiger partial charge is 0.493 e. The number of carbonyl (C=O) groups is 1. The van der Waals surface area contributed by atoms with Crippen LogP contribution in [0.25, 0.3) is 5.57 Å². The Morgan fingerprint density at radius 1 is 1.18 bits per heavy atom. The van der Waals surface area contributed by atoms with E-state index < -0.39 is 0 Å². The van der Waals surface area contributed by atoms with Crippen molar-refractivity contribution in [2.45, 2.75) is 6.92 Å². The Hall–Kier alpha value is -1.97. The molecule has 1 aromatic carbocycles. The topological polar surface area (TPSA) is 47.6 Å². The van der Waals surface area contributed by atoms with Gasteiger partial charge in [0.05, 0.1) is 19.8 Å². The Bertz CT molecular complexity index is 492. The predicted octanol–water partition coefficient (Wildman–Crippen LogP) is 1.85. The molecule has 0 unspecified atom stereocenters. The zero-order valence-corrected chi connectivity index (χ0v) is 10.2. The molecule has 17 heavy (non-hydrogen) atoms. The molecule has 0 fully saturated rings. The lowest BCUT2D eigenvalue weighted by atomic mass is 9.94. The molecule has 1 N–H and O–H groups in total. The average Bonchev–Trinajstić information content (AvgIpc) is 2.38. The maximum Gasteiger partial charge on any atom is 0.252 e. The van der Waals surface area contributed by atoms with Crippen LogP contribution >= 0.6 is 0 Å². The second-order valence-electron chi connectivity index (χ2n) is 3.75. The second kappa shape index (κ2) is 4.49. The number of allylic oxidation sites excluding steroid dienone is 1.